The fraction of sp³-hybridized carbons (Fsp3) is 0.760. The summed E-state index contributed by atoms with van der Waals surface area (Å²) in [4.78, 5) is 13.2. The van der Waals surface area contributed by atoms with Gasteiger partial charge in [0.1, 0.15) is 6.61 Å². The van der Waals surface area contributed by atoms with Crippen LogP contribution in [0.15, 0.2) is 11.8 Å². The molecule has 0 bridgehead atoms. The molecule has 3 saturated carbocycles. The Balaban J connectivity index is 1.42. The van der Waals surface area contributed by atoms with Crippen molar-refractivity contribution < 1.29 is 24.5 Å². The summed E-state index contributed by atoms with van der Waals surface area (Å²) in [5, 5.41) is 26.0. The van der Waals surface area contributed by atoms with E-state index in [1.54, 1.807) is 0 Å². The van der Waals surface area contributed by atoms with E-state index in [4.69, 9.17) is 9.47 Å². The molecule has 0 radical (unpaired) electrons. The van der Waals surface area contributed by atoms with Gasteiger partial charge >= 0.3 is 0 Å². The minimum Gasteiger partial charge on any atom is -0.393 e. The molecule has 7 nitrogen and oxygen atoms in total. The topological polar surface area (TPSA) is 93.8 Å². The van der Waals surface area contributed by atoms with Crippen LogP contribution >= 0.6 is 0 Å². The van der Waals surface area contributed by atoms with E-state index in [1.807, 2.05) is 24.9 Å². The molecule has 9 atom stereocenters. The summed E-state index contributed by atoms with van der Waals surface area (Å²) in [6.45, 7) is 5.67. The first kappa shape index (κ1) is 21.0. The SMILES string of the molecule is CC1O[C@@H]2C[C@H]3[C@@H]4CCC5=Cc6c(cnn6C)C[C@]5(C)[C@H]4[C@@H](O)C[C@]3(C)[C@]2(C(=O)CO)O1. The van der Waals surface area contributed by atoms with Crippen molar-refractivity contribution in [2.45, 2.75) is 77.0 Å². The van der Waals surface area contributed by atoms with Crippen molar-refractivity contribution in [3.8, 4) is 0 Å². The van der Waals surface area contributed by atoms with Gasteiger partial charge in [-0.15, -0.1) is 0 Å². The first-order valence-electron chi connectivity index (χ1n) is 12.0. The third kappa shape index (κ3) is 2.31. The van der Waals surface area contributed by atoms with Crippen molar-refractivity contribution in [2.24, 2.45) is 35.6 Å². The first-order valence-corrected chi connectivity index (χ1v) is 12.0. The number of carbonyl (C=O) groups is 1. The Kier molecular flexibility index (Phi) is 4.29. The smallest absolute Gasteiger partial charge is 0.193 e. The average molecular weight is 443 g/mol. The number of hydrogen-bond acceptors (Lipinski definition) is 6. The number of nitrogens with zero attached hydrogens (tertiary/aromatic N) is 2. The standard InChI is InChI=1S/C25H34N2O5/c1-13-31-21-8-17-16-6-5-15-7-18-14(11-26-27(18)4)9-23(15,2)22(16)19(29)10-24(17,3)25(21,32-13)20(30)12-28/h7,11,13,16-17,19,21-22,28-29H,5-6,8-10,12H2,1-4H3/t13?,16-,17-,19-,21+,22+,23-,24-,25+/m0/s1. The summed E-state index contributed by atoms with van der Waals surface area (Å²) in [6.07, 6.45) is 6.97. The fourth-order valence-corrected chi connectivity index (χ4v) is 8.85. The number of allylic oxidation sites excluding steroid dienone is 1. The zero-order valence-electron chi connectivity index (χ0n) is 19.4. The van der Waals surface area contributed by atoms with Crippen LogP contribution in [-0.2, 0) is 27.7 Å². The van der Waals surface area contributed by atoms with Crippen molar-refractivity contribution in [1.82, 2.24) is 9.78 Å². The van der Waals surface area contributed by atoms with Gasteiger partial charge in [0.2, 0.25) is 0 Å². The minimum atomic E-state index is -1.17. The zero-order chi connectivity index (χ0) is 22.6. The van der Waals surface area contributed by atoms with Crippen LogP contribution in [0.1, 0.15) is 57.7 Å². The maximum Gasteiger partial charge on any atom is 0.193 e. The van der Waals surface area contributed by atoms with Crippen LogP contribution in [0.4, 0.5) is 0 Å². The first-order chi connectivity index (χ1) is 15.2. The van der Waals surface area contributed by atoms with Crippen molar-refractivity contribution in [2.75, 3.05) is 6.61 Å². The maximum atomic E-state index is 13.2. The molecule has 6 rings (SSSR count). The highest BCUT2D eigenvalue weighted by molar-refractivity contribution is 5.91. The Morgan fingerprint density at radius 2 is 2.16 bits per heavy atom. The largest absolute Gasteiger partial charge is 0.393 e. The van der Waals surface area contributed by atoms with Crippen molar-refractivity contribution in [3.63, 3.8) is 0 Å². The normalized spacial score (nSPS) is 48.9. The van der Waals surface area contributed by atoms with E-state index in [0.29, 0.717) is 6.42 Å². The number of rotatable bonds is 2. The highest BCUT2D eigenvalue weighted by Gasteiger charge is 2.75. The lowest BCUT2D eigenvalue weighted by Crippen LogP contribution is -2.63. The molecule has 2 N–H and O–H groups in total. The Labute approximate surface area is 188 Å². The Morgan fingerprint density at radius 1 is 1.38 bits per heavy atom. The van der Waals surface area contributed by atoms with E-state index in [9.17, 15) is 15.0 Å². The Hall–Kier alpha value is -1.54. The number of aliphatic hydroxyl groups excluding tert-OH is 2. The second-order valence-corrected chi connectivity index (χ2v) is 11.3. The summed E-state index contributed by atoms with van der Waals surface area (Å²) in [6, 6.07) is 0. The molecule has 0 amide bonds. The number of hydrogen-bond donors (Lipinski definition) is 2. The lowest BCUT2D eigenvalue weighted by atomic mass is 9.45. The van der Waals surface area contributed by atoms with E-state index >= 15 is 0 Å². The van der Waals surface area contributed by atoms with Gasteiger partial charge in [-0.25, -0.2) is 0 Å². The number of fused-ring (bicyclic) bond motifs is 8. The predicted octanol–water partition coefficient (Wildman–Crippen LogP) is 2.24. The van der Waals surface area contributed by atoms with E-state index in [-0.39, 0.29) is 35.1 Å². The summed E-state index contributed by atoms with van der Waals surface area (Å²) >= 11 is 0. The zero-order valence-corrected chi connectivity index (χ0v) is 19.4. The van der Waals surface area contributed by atoms with Gasteiger partial charge in [-0.2, -0.15) is 5.10 Å². The number of aliphatic hydroxyl groups is 2. The van der Waals surface area contributed by atoms with Gasteiger partial charge in [0.15, 0.2) is 17.7 Å². The van der Waals surface area contributed by atoms with Gasteiger partial charge in [0, 0.05) is 12.5 Å². The number of Topliss-reactive ketones (excluding diaryl/α,β-unsaturated/α-hetero) is 1. The molecule has 1 aliphatic heterocycles. The van der Waals surface area contributed by atoms with Crippen LogP contribution in [0.25, 0.3) is 6.08 Å². The number of ether oxygens (including phenoxy) is 2. The fourth-order valence-electron chi connectivity index (χ4n) is 8.85. The molecule has 1 aromatic rings. The number of ketones is 1. The van der Waals surface area contributed by atoms with Crippen LogP contribution in [0.5, 0.6) is 0 Å². The molecule has 4 fully saturated rings. The lowest BCUT2D eigenvalue weighted by molar-refractivity contribution is -0.199. The van der Waals surface area contributed by atoms with E-state index in [1.165, 1.54) is 16.8 Å². The molecule has 5 aliphatic rings. The van der Waals surface area contributed by atoms with Crippen molar-refractivity contribution >= 4 is 11.9 Å². The van der Waals surface area contributed by atoms with Crippen molar-refractivity contribution in [3.05, 3.63) is 23.0 Å². The maximum absolute atomic E-state index is 13.2. The summed E-state index contributed by atoms with van der Waals surface area (Å²) < 4.78 is 14.3. The summed E-state index contributed by atoms with van der Waals surface area (Å²) in [7, 11) is 1.99. The van der Waals surface area contributed by atoms with Gasteiger partial charge < -0.3 is 19.7 Å². The molecule has 1 unspecified atom stereocenters. The Morgan fingerprint density at radius 3 is 2.91 bits per heavy atom. The monoisotopic (exact) mass is 442 g/mol. The second kappa shape index (κ2) is 6.53. The highest BCUT2D eigenvalue weighted by atomic mass is 16.7. The van der Waals surface area contributed by atoms with Crippen LogP contribution < -0.4 is 0 Å². The van der Waals surface area contributed by atoms with Gasteiger partial charge in [-0.05, 0) is 73.8 Å². The summed E-state index contributed by atoms with van der Waals surface area (Å²) in [5.74, 6) is 0.299. The number of carbonyl (C=O) groups excluding carboxylic acids is 1. The Bertz CT molecular complexity index is 1020. The minimum absolute atomic E-state index is 0.117. The molecule has 174 valence electrons. The van der Waals surface area contributed by atoms with Crippen LogP contribution in [0.2, 0.25) is 0 Å². The second-order valence-electron chi connectivity index (χ2n) is 11.3. The third-order valence-corrected chi connectivity index (χ3v) is 10.0. The van der Waals surface area contributed by atoms with Gasteiger partial charge in [0.25, 0.3) is 0 Å². The summed E-state index contributed by atoms with van der Waals surface area (Å²) in [5.41, 5.74) is 1.99. The van der Waals surface area contributed by atoms with Gasteiger partial charge in [-0.1, -0.05) is 19.4 Å². The molecule has 32 heavy (non-hydrogen) atoms. The molecule has 1 aromatic heterocycles. The van der Waals surface area contributed by atoms with Crippen LogP contribution in [-0.4, -0.2) is 56.5 Å². The van der Waals surface area contributed by atoms with E-state index < -0.39 is 30.0 Å². The van der Waals surface area contributed by atoms with E-state index in [2.05, 4.69) is 25.0 Å². The van der Waals surface area contributed by atoms with Crippen molar-refractivity contribution in [1.29, 1.82) is 0 Å². The lowest BCUT2D eigenvalue weighted by Gasteiger charge is -2.60. The highest BCUT2D eigenvalue weighted by Crippen LogP contribution is 2.70. The molecule has 7 heteroatoms. The molecular formula is C25H34N2O5. The molecule has 0 spiro atoms. The van der Waals surface area contributed by atoms with E-state index in [0.717, 1.165) is 25.7 Å². The molecule has 1 saturated heterocycles. The molecule has 0 aromatic carbocycles. The van der Waals surface area contributed by atoms with Crippen LogP contribution in [0, 0.1) is 28.6 Å². The number of aromatic nitrogens is 2. The predicted molar refractivity (Wildman–Crippen MR) is 116 cm³/mol. The molecule has 4 aliphatic carbocycles. The average Bonchev–Trinajstić information content (AvgIpc) is 3.34. The number of aryl methyl sites for hydroxylation is 1. The third-order valence-electron chi connectivity index (χ3n) is 10.0. The molecule has 2 heterocycles. The van der Waals surface area contributed by atoms with Gasteiger partial charge in [-0.3, -0.25) is 9.48 Å². The molecular weight excluding hydrogens is 408 g/mol. The van der Waals surface area contributed by atoms with Gasteiger partial charge in [0.05, 0.1) is 24.1 Å². The quantitative estimate of drug-likeness (QED) is 0.730. The van der Waals surface area contributed by atoms with Crippen LogP contribution in [0.3, 0.4) is 0 Å².